The van der Waals surface area contributed by atoms with Crippen molar-refractivity contribution in [2.45, 2.75) is 11.9 Å². The minimum atomic E-state index is -0.485. The molecule has 5 rings (SSSR count). The second-order valence-corrected chi connectivity index (χ2v) is 8.52. The highest BCUT2D eigenvalue weighted by Crippen LogP contribution is 2.36. The number of aromatic amines is 1. The van der Waals surface area contributed by atoms with E-state index < -0.39 is 11.5 Å². The van der Waals surface area contributed by atoms with Crippen LogP contribution in [0.2, 0.25) is 0 Å². The zero-order chi connectivity index (χ0) is 22.9. The number of aryl methyl sites for hydroxylation is 1. The van der Waals surface area contributed by atoms with Gasteiger partial charge < -0.3 is 10.3 Å². The molecule has 0 atom stereocenters. The zero-order valence-corrected chi connectivity index (χ0v) is 18.5. The summed E-state index contributed by atoms with van der Waals surface area (Å²) in [7, 11) is 0. The molecule has 0 aliphatic heterocycles. The van der Waals surface area contributed by atoms with E-state index in [0.717, 1.165) is 32.5 Å². The van der Waals surface area contributed by atoms with Crippen LogP contribution in [0, 0.1) is 6.92 Å². The molecule has 0 unspecified atom stereocenters. The Bertz CT molecular complexity index is 1520. The Labute approximate surface area is 193 Å². The maximum absolute atomic E-state index is 12.6. The van der Waals surface area contributed by atoms with Gasteiger partial charge in [-0.05, 0) is 24.6 Å². The average Bonchev–Trinajstić information content (AvgIpc) is 3.38. The molecule has 0 amide bonds. The molecule has 0 aliphatic carbocycles. The fourth-order valence-corrected chi connectivity index (χ4v) is 4.53. The minimum absolute atomic E-state index is 0.00984. The van der Waals surface area contributed by atoms with Gasteiger partial charge in [0.1, 0.15) is 22.8 Å². The molecule has 2 aromatic carbocycles. The summed E-state index contributed by atoms with van der Waals surface area (Å²) in [6.45, 7) is 2.05. The number of hydrogen-bond acceptors (Lipinski definition) is 6. The van der Waals surface area contributed by atoms with Crippen LogP contribution >= 0.6 is 11.8 Å². The number of carbonyl (C=O) groups excluding carboxylic acids is 1. The third-order valence-corrected chi connectivity index (χ3v) is 6.24. The summed E-state index contributed by atoms with van der Waals surface area (Å²) < 4.78 is 2.94. The molecule has 0 fully saturated rings. The number of nitrogens with one attached hydrogen (secondary N) is 1. The second kappa shape index (κ2) is 8.44. The summed E-state index contributed by atoms with van der Waals surface area (Å²) in [5, 5.41) is 4.07. The number of fused-ring (bicyclic) bond motifs is 1. The van der Waals surface area contributed by atoms with Crippen molar-refractivity contribution >= 4 is 34.5 Å². The van der Waals surface area contributed by atoms with Gasteiger partial charge in [-0.2, -0.15) is 4.68 Å². The van der Waals surface area contributed by atoms with Crippen LogP contribution in [0.1, 0.15) is 10.4 Å². The van der Waals surface area contributed by atoms with E-state index in [2.05, 4.69) is 27.2 Å². The van der Waals surface area contributed by atoms with Gasteiger partial charge in [0.15, 0.2) is 0 Å². The van der Waals surface area contributed by atoms with E-state index >= 15 is 0 Å². The van der Waals surface area contributed by atoms with Crippen molar-refractivity contribution in [1.82, 2.24) is 24.3 Å². The molecule has 3 N–H and O–H groups in total. The number of anilines is 1. The number of H-pyrrole nitrogens is 1. The third-order valence-electron chi connectivity index (χ3n) is 5.27. The molecule has 0 spiro atoms. The van der Waals surface area contributed by atoms with Gasteiger partial charge in [0.05, 0.1) is 11.1 Å². The Balaban J connectivity index is 1.60. The molecule has 8 nitrogen and oxygen atoms in total. The Morgan fingerprint density at radius 3 is 2.55 bits per heavy atom. The van der Waals surface area contributed by atoms with E-state index in [-0.39, 0.29) is 11.6 Å². The first-order valence-electron chi connectivity index (χ1n) is 10.2. The molecule has 3 aromatic heterocycles. The number of thioether (sulfide) groups is 1. The molecule has 9 heteroatoms. The van der Waals surface area contributed by atoms with Crippen molar-refractivity contribution in [2.75, 3.05) is 11.5 Å². The fraction of sp³-hybridized carbons (Fsp3) is 0.0833. The molecule has 0 radical (unpaired) electrons. The number of nitrogen functional groups attached to an aromatic ring is 1. The Morgan fingerprint density at radius 2 is 1.85 bits per heavy atom. The van der Waals surface area contributed by atoms with Crippen LogP contribution in [-0.2, 0) is 0 Å². The van der Waals surface area contributed by atoms with Gasteiger partial charge in [-0.3, -0.25) is 14.7 Å². The number of carbonyl (C=O) groups is 1. The van der Waals surface area contributed by atoms with E-state index in [0.29, 0.717) is 5.03 Å². The van der Waals surface area contributed by atoms with Crippen molar-refractivity contribution in [1.29, 1.82) is 0 Å². The topological polar surface area (TPSA) is 112 Å². The second-order valence-electron chi connectivity index (χ2n) is 7.56. The summed E-state index contributed by atoms with van der Waals surface area (Å²) in [5.74, 6) is -0.257. The number of nitrogens with two attached hydrogens (primary N) is 1. The van der Waals surface area contributed by atoms with Gasteiger partial charge in [-0.25, -0.2) is 9.97 Å². The maximum Gasteiger partial charge on any atom is 0.275 e. The predicted molar refractivity (Wildman–Crippen MR) is 130 cm³/mol. The molecule has 0 saturated heterocycles. The van der Waals surface area contributed by atoms with E-state index in [1.165, 1.54) is 29.7 Å². The van der Waals surface area contributed by atoms with Crippen LogP contribution in [0.3, 0.4) is 0 Å². The Hall–Kier alpha value is -4.11. The highest BCUT2D eigenvalue weighted by atomic mass is 32.2. The number of hydrogen-bond donors (Lipinski definition) is 2. The van der Waals surface area contributed by atoms with Gasteiger partial charge in [0.2, 0.25) is 0 Å². The Kier molecular flexibility index (Phi) is 5.31. The lowest BCUT2D eigenvalue weighted by Crippen LogP contribution is -2.25. The summed E-state index contributed by atoms with van der Waals surface area (Å²) in [6, 6.07) is 19.4. The third kappa shape index (κ3) is 3.94. The Morgan fingerprint density at radius 1 is 1.09 bits per heavy atom. The van der Waals surface area contributed by atoms with Crippen LogP contribution in [-0.4, -0.2) is 36.0 Å². The lowest BCUT2D eigenvalue weighted by molar-refractivity contribution is 0.0923. The molecular formula is C24H20N6O2S. The minimum Gasteiger partial charge on any atom is -0.384 e. The van der Waals surface area contributed by atoms with Gasteiger partial charge in [-0.15, -0.1) is 0 Å². The lowest BCUT2D eigenvalue weighted by Gasteiger charge is -2.06. The van der Waals surface area contributed by atoms with Crippen molar-refractivity contribution in [3.05, 3.63) is 89.1 Å². The average molecular weight is 457 g/mol. The van der Waals surface area contributed by atoms with E-state index in [1.54, 1.807) is 0 Å². The number of aromatic nitrogens is 5. The molecule has 0 saturated carbocycles. The zero-order valence-electron chi connectivity index (χ0n) is 17.7. The SMILES string of the molecule is Cc1ccc(-n2cc(-c3ccccc3)c3c(SCC(=O)n4[nH]c(N)cc4=O)ncnc32)cc1. The van der Waals surface area contributed by atoms with Crippen molar-refractivity contribution in [2.24, 2.45) is 0 Å². The van der Waals surface area contributed by atoms with Gasteiger partial charge >= 0.3 is 0 Å². The van der Waals surface area contributed by atoms with Crippen LogP contribution < -0.4 is 11.3 Å². The highest BCUT2D eigenvalue weighted by molar-refractivity contribution is 8.00. The molecule has 33 heavy (non-hydrogen) atoms. The van der Waals surface area contributed by atoms with Crippen molar-refractivity contribution in [3.8, 4) is 16.8 Å². The highest BCUT2D eigenvalue weighted by Gasteiger charge is 2.19. The largest absolute Gasteiger partial charge is 0.384 e. The van der Waals surface area contributed by atoms with Gasteiger partial charge in [0, 0.05) is 23.5 Å². The van der Waals surface area contributed by atoms with Crippen molar-refractivity contribution < 1.29 is 4.79 Å². The standard InChI is InChI=1S/C24H20N6O2S/c1-15-7-9-17(10-8-15)29-12-18(16-5-3-2-4-6-16)22-23(29)26-14-27-24(22)33-13-21(32)30-20(31)11-19(25)28-30/h2-12,14,28H,13,25H2,1H3. The summed E-state index contributed by atoms with van der Waals surface area (Å²) in [4.78, 5) is 33.6. The first-order chi connectivity index (χ1) is 16.0. The maximum atomic E-state index is 12.6. The number of nitrogens with zero attached hydrogens (tertiary/aromatic N) is 4. The smallest absolute Gasteiger partial charge is 0.275 e. The van der Waals surface area contributed by atoms with Crippen LogP contribution in [0.5, 0.6) is 0 Å². The summed E-state index contributed by atoms with van der Waals surface area (Å²) in [5.41, 5.74) is 9.97. The van der Waals surface area contributed by atoms with E-state index in [4.69, 9.17) is 5.73 Å². The first kappa shape index (κ1) is 20.8. The van der Waals surface area contributed by atoms with Crippen molar-refractivity contribution in [3.63, 3.8) is 0 Å². The van der Waals surface area contributed by atoms with E-state index in [9.17, 15) is 9.59 Å². The summed E-state index contributed by atoms with van der Waals surface area (Å²) in [6.07, 6.45) is 3.54. The van der Waals surface area contributed by atoms with Crippen LogP contribution in [0.25, 0.3) is 27.8 Å². The molecule has 3 heterocycles. The van der Waals surface area contributed by atoms with Crippen LogP contribution in [0.4, 0.5) is 5.82 Å². The predicted octanol–water partition coefficient (Wildman–Crippen LogP) is 3.90. The molecule has 5 aromatic rings. The quantitative estimate of drug-likeness (QED) is 0.306. The lowest BCUT2D eigenvalue weighted by atomic mass is 10.1. The fourth-order valence-electron chi connectivity index (χ4n) is 3.68. The van der Waals surface area contributed by atoms with Gasteiger partial charge in [0.25, 0.3) is 11.5 Å². The van der Waals surface area contributed by atoms with Crippen LogP contribution in [0.15, 0.2) is 83.0 Å². The molecule has 164 valence electrons. The first-order valence-corrected chi connectivity index (χ1v) is 11.2. The molecule has 0 aliphatic rings. The summed E-state index contributed by atoms with van der Waals surface area (Å²) >= 11 is 1.26. The molecule has 0 bridgehead atoms. The number of rotatable bonds is 5. The normalized spacial score (nSPS) is 11.2. The monoisotopic (exact) mass is 456 g/mol. The van der Waals surface area contributed by atoms with E-state index in [1.807, 2.05) is 60.2 Å². The number of benzene rings is 2. The van der Waals surface area contributed by atoms with Gasteiger partial charge in [-0.1, -0.05) is 59.8 Å². The molecular weight excluding hydrogens is 436 g/mol.